The number of nitrogens with zero attached hydrogens (tertiary/aromatic N) is 3. The van der Waals surface area contributed by atoms with Gasteiger partial charge in [-0.1, -0.05) is 26.0 Å². The van der Waals surface area contributed by atoms with Crippen LogP contribution in [0.25, 0.3) is 0 Å². The molecule has 5 heteroatoms. The summed E-state index contributed by atoms with van der Waals surface area (Å²) in [5.41, 5.74) is 3.00. The molecule has 19 heavy (non-hydrogen) atoms. The molecule has 0 aliphatic carbocycles. The van der Waals surface area contributed by atoms with Crippen LogP contribution in [0, 0.1) is 0 Å². The van der Waals surface area contributed by atoms with Gasteiger partial charge >= 0.3 is 0 Å². The van der Waals surface area contributed by atoms with Gasteiger partial charge in [-0.3, -0.25) is 0 Å². The fourth-order valence-corrected chi connectivity index (χ4v) is 1.81. The third kappa shape index (κ3) is 3.40. The molecule has 0 bridgehead atoms. The molecule has 1 aromatic carbocycles. The van der Waals surface area contributed by atoms with Gasteiger partial charge in [-0.2, -0.15) is 5.10 Å². The first-order valence-corrected chi connectivity index (χ1v) is 6.47. The molecular formula is C14H18N4O. The lowest BCUT2D eigenvalue weighted by molar-refractivity contribution is 0.475. The van der Waals surface area contributed by atoms with E-state index in [1.54, 1.807) is 12.1 Å². The van der Waals surface area contributed by atoms with Gasteiger partial charge in [0.15, 0.2) is 0 Å². The van der Waals surface area contributed by atoms with Crippen LogP contribution in [0.2, 0.25) is 0 Å². The minimum atomic E-state index is 0.266. The molecule has 2 aromatic rings. The first kappa shape index (κ1) is 13.3. The van der Waals surface area contributed by atoms with Gasteiger partial charge in [0, 0.05) is 6.54 Å². The number of phenolic OH excluding ortho intramolecular Hbond substituents is 1. The van der Waals surface area contributed by atoms with Gasteiger partial charge in [-0.15, -0.1) is 5.10 Å². The summed E-state index contributed by atoms with van der Waals surface area (Å²) in [6, 6.07) is 7.04. The van der Waals surface area contributed by atoms with Crippen LogP contribution in [0.3, 0.4) is 0 Å². The number of nitrogens with one attached hydrogen (secondary N) is 1. The second-order valence-corrected chi connectivity index (χ2v) is 4.26. The first-order chi connectivity index (χ1) is 9.22. The molecule has 1 heterocycles. The van der Waals surface area contributed by atoms with Gasteiger partial charge in [0.05, 0.1) is 11.4 Å². The SMILES string of the molecule is CCc1nnc(NCc2ccc(O)cc2)nc1CC. The van der Waals surface area contributed by atoms with Crippen LogP contribution in [0.15, 0.2) is 24.3 Å². The summed E-state index contributed by atoms with van der Waals surface area (Å²) >= 11 is 0. The van der Waals surface area contributed by atoms with E-state index in [4.69, 9.17) is 0 Å². The molecule has 0 atom stereocenters. The van der Waals surface area contributed by atoms with Crippen LogP contribution in [0.5, 0.6) is 5.75 Å². The standard InChI is InChI=1S/C14H18N4O/c1-3-12-13(4-2)17-18-14(16-12)15-9-10-5-7-11(19)8-6-10/h5-8,19H,3-4,9H2,1-2H3,(H,15,16,18). The number of phenols is 1. The smallest absolute Gasteiger partial charge is 0.243 e. The van der Waals surface area contributed by atoms with E-state index in [9.17, 15) is 5.11 Å². The van der Waals surface area contributed by atoms with Gasteiger partial charge in [0.2, 0.25) is 5.95 Å². The van der Waals surface area contributed by atoms with Gasteiger partial charge < -0.3 is 10.4 Å². The van der Waals surface area contributed by atoms with Crippen molar-refractivity contribution in [2.75, 3.05) is 5.32 Å². The van der Waals surface area contributed by atoms with Crippen LogP contribution >= 0.6 is 0 Å². The second kappa shape index (κ2) is 6.13. The van der Waals surface area contributed by atoms with E-state index in [2.05, 4.69) is 27.4 Å². The number of aromatic nitrogens is 3. The zero-order valence-corrected chi connectivity index (χ0v) is 11.2. The molecule has 0 radical (unpaired) electrons. The molecule has 1 aromatic heterocycles. The highest BCUT2D eigenvalue weighted by Crippen LogP contribution is 2.11. The summed E-state index contributed by atoms with van der Waals surface area (Å²) in [5, 5.41) is 20.6. The highest BCUT2D eigenvalue weighted by molar-refractivity contribution is 5.31. The lowest BCUT2D eigenvalue weighted by Crippen LogP contribution is -2.09. The van der Waals surface area contributed by atoms with E-state index >= 15 is 0 Å². The maximum Gasteiger partial charge on any atom is 0.243 e. The predicted molar refractivity (Wildman–Crippen MR) is 74.0 cm³/mol. The van der Waals surface area contributed by atoms with Crippen molar-refractivity contribution in [2.45, 2.75) is 33.2 Å². The van der Waals surface area contributed by atoms with E-state index in [1.165, 1.54) is 0 Å². The lowest BCUT2D eigenvalue weighted by Gasteiger charge is -2.07. The molecule has 0 saturated carbocycles. The molecule has 0 saturated heterocycles. The Hall–Kier alpha value is -2.17. The number of hydrogen-bond donors (Lipinski definition) is 2. The minimum Gasteiger partial charge on any atom is -0.508 e. The van der Waals surface area contributed by atoms with Crippen LogP contribution in [0.1, 0.15) is 30.8 Å². The molecule has 0 spiro atoms. The maximum absolute atomic E-state index is 9.21. The Labute approximate surface area is 112 Å². The molecule has 0 aliphatic rings. The van der Waals surface area contributed by atoms with E-state index in [-0.39, 0.29) is 5.75 Å². The molecule has 100 valence electrons. The van der Waals surface area contributed by atoms with Crippen LogP contribution < -0.4 is 5.32 Å². The highest BCUT2D eigenvalue weighted by atomic mass is 16.3. The maximum atomic E-state index is 9.21. The van der Waals surface area contributed by atoms with Crippen LogP contribution in [-0.4, -0.2) is 20.3 Å². The van der Waals surface area contributed by atoms with Crippen molar-refractivity contribution in [1.29, 1.82) is 0 Å². The molecule has 2 N–H and O–H groups in total. The molecule has 0 fully saturated rings. The van der Waals surface area contributed by atoms with Gasteiger partial charge in [-0.25, -0.2) is 4.98 Å². The zero-order valence-electron chi connectivity index (χ0n) is 11.2. The Kier molecular flexibility index (Phi) is 4.28. The normalized spacial score (nSPS) is 10.4. The van der Waals surface area contributed by atoms with Crippen LogP contribution in [0.4, 0.5) is 5.95 Å². The average Bonchev–Trinajstić information content (AvgIpc) is 2.46. The molecule has 0 amide bonds. The molecule has 5 nitrogen and oxygen atoms in total. The van der Waals surface area contributed by atoms with Crippen molar-refractivity contribution >= 4 is 5.95 Å². The summed E-state index contributed by atoms with van der Waals surface area (Å²) < 4.78 is 0. The van der Waals surface area contributed by atoms with Crippen molar-refractivity contribution in [1.82, 2.24) is 15.2 Å². The Balaban J connectivity index is 2.05. The number of hydrogen-bond acceptors (Lipinski definition) is 5. The Morgan fingerprint density at radius 2 is 1.68 bits per heavy atom. The number of anilines is 1. The largest absolute Gasteiger partial charge is 0.508 e. The average molecular weight is 258 g/mol. The van der Waals surface area contributed by atoms with E-state index in [0.717, 1.165) is 29.8 Å². The lowest BCUT2D eigenvalue weighted by atomic mass is 10.2. The molecule has 0 unspecified atom stereocenters. The van der Waals surface area contributed by atoms with Gasteiger partial charge in [0.1, 0.15) is 5.75 Å². The number of benzene rings is 1. The summed E-state index contributed by atoms with van der Waals surface area (Å²) in [5.74, 6) is 0.810. The van der Waals surface area contributed by atoms with Crippen molar-refractivity contribution in [3.05, 3.63) is 41.2 Å². The predicted octanol–water partition coefficient (Wildman–Crippen LogP) is 2.31. The number of aryl methyl sites for hydroxylation is 2. The number of rotatable bonds is 5. The Morgan fingerprint density at radius 3 is 2.32 bits per heavy atom. The van der Waals surface area contributed by atoms with Crippen molar-refractivity contribution in [3.8, 4) is 5.75 Å². The van der Waals surface area contributed by atoms with Gasteiger partial charge in [-0.05, 0) is 30.5 Å². The summed E-state index contributed by atoms with van der Waals surface area (Å²) in [7, 11) is 0. The summed E-state index contributed by atoms with van der Waals surface area (Å²) in [4.78, 5) is 4.46. The van der Waals surface area contributed by atoms with Crippen LogP contribution in [-0.2, 0) is 19.4 Å². The van der Waals surface area contributed by atoms with Gasteiger partial charge in [0.25, 0.3) is 0 Å². The highest BCUT2D eigenvalue weighted by Gasteiger charge is 2.05. The third-order valence-corrected chi connectivity index (χ3v) is 2.90. The third-order valence-electron chi connectivity index (χ3n) is 2.90. The molecule has 2 rings (SSSR count). The summed E-state index contributed by atoms with van der Waals surface area (Å²) in [6.07, 6.45) is 1.70. The zero-order chi connectivity index (χ0) is 13.7. The van der Waals surface area contributed by atoms with Crippen molar-refractivity contribution < 1.29 is 5.11 Å². The van der Waals surface area contributed by atoms with E-state index < -0.39 is 0 Å². The summed E-state index contributed by atoms with van der Waals surface area (Å²) in [6.45, 7) is 4.72. The quantitative estimate of drug-likeness (QED) is 0.861. The molecular weight excluding hydrogens is 240 g/mol. The monoisotopic (exact) mass is 258 g/mol. The topological polar surface area (TPSA) is 70.9 Å². The Morgan fingerprint density at radius 1 is 1.00 bits per heavy atom. The minimum absolute atomic E-state index is 0.266. The second-order valence-electron chi connectivity index (χ2n) is 4.26. The fourth-order valence-electron chi connectivity index (χ4n) is 1.81. The first-order valence-electron chi connectivity index (χ1n) is 6.47. The van der Waals surface area contributed by atoms with E-state index in [1.807, 2.05) is 19.1 Å². The van der Waals surface area contributed by atoms with Crippen molar-refractivity contribution in [2.24, 2.45) is 0 Å². The fraction of sp³-hybridized carbons (Fsp3) is 0.357. The number of aromatic hydroxyl groups is 1. The Bertz CT molecular complexity index is 540. The molecule has 0 aliphatic heterocycles. The van der Waals surface area contributed by atoms with E-state index in [0.29, 0.717) is 12.5 Å². The van der Waals surface area contributed by atoms with Crippen molar-refractivity contribution in [3.63, 3.8) is 0 Å².